The Morgan fingerprint density at radius 3 is 2.71 bits per heavy atom. The summed E-state index contributed by atoms with van der Waals surface area (Å²) in [6, 6.07) is 6.59. The van der Waals surface area contributed by atoms with Crippen molar-refractivity contribution in [2.45, 2.75) is 6.29 Å². The third kappa shape index (κ3) is 3.26. The van der Waals surface area contributed by atoms with Crippen molar-refractivity contribution in [1.29, 1.82) is 0 Å². The van der Waals surface area contributed by atoms with E-state index in [1.54, 1.807) is 23.6 Å². The van der Waals surface area contributed by atoms with Crippen molar-refractivity contribution < 1.29 is 23.0 Å². The predicted octanol–water partition coefficient (Wildman–Crippen LogP) is 3.91. The first-order chi connectivity index (χ1) is 15.1. The lowest BCUT2D eigenvalue weighted by molar-refractivity contribution is -0.286. The Labute approximate surface area is 178 Å². The SMILES string of the molecule is FC1(F)Oc2ccc(-c3[nH]nc4ncc(-c5cnc(N6CCOCC6)s5)cc34)cc2O1. The Morgan fingerprint density at radius 2 is 1.84 bits per heavy atom. The van der Waals surface area contributed by atoms with E-state index in [0.717, 1.165) is 34.0 Å². The molecule has 0 aliphatic carbocycles. The Hall–Kier alpha value is -3.31. The van der Waals surface area contributed by atoms with Gasteiger partial charge in [0, 0.05) is 42.0 Å². The van der Waals surface area contributed by atoms with Crippen LogP contribution in [0.2, 0.25) is 0 Å². The van der Waals surface area contributed by atoms with Crippen molar-refractivity contribution in [2.24, 2.45) is 0 Å². The first-order valence-electron chi connectivity index (χ1n) is 9.59. The summed E-state index contributed by atoms with van der Waals surface area (Å²) in [4.78, 5) is 12.2. The maximum Gasteiger partial charge on any atom is 0.586 e. The van der Waals surface area contributed by atoms with Gasteiger partial charge < -0.3 is 19.1 Å². The second-order valence-electron chi connectivity index (χ2n) is 7.13. The molecule has 0 bridgehead atoms. The number of nitrogens with zero attached hydrogens (tertiary/aromatic N) is 4. The fourth-order valence-corrected chi connectivity index (χ4v) is 4.61. The van der Waals surface area contributed by atoms with Crippen LogP contribution in [-0.4, -0.2) is 52.8 Å². The number of alkyl halides is 2. The maximum atomic E-state index is 13.4. The van der Waals surface area contributed by atoms with Crippen LogP contribution in [0, 0.1) is 0 Å². The minimum absolute atomic E-state index is 0.00307. The van der Waals surface area contributed by atoms with Crippen LogP contribution in [0.25, 0.3) is 32.7 Å². The fourth-order valence-electron chi connectivity index (χ4n) is 3.66. The highest BCUT2D eigenvalue weighted by molar-refractivity contribution is 7.18. The van der Waals surface area contributed by atoms with Crippen molar-refractivity contribution in [3.05, 3.63) is 36.7 Å². The summed E-state index contributed by atoms with van der Waals surface area (Å²) in [6.07, 6.45) is -0.0689. The minimum Gasteiger partial charge on any atom is -0.395 e. The summed E-state index contributed by atoms with van der Waals surface area (Å²) in [6.45, 7) is 3.03. The third-order valence-electron chi connectivity index (χ3n) is 5.16. The lowest BCUT2D eigenvalue weighted by Gasteiger charge is -2.25. The second kappa shape index (κ2) is 6.86. The highest BCUT2D eigenvalue weighted by atomic mass is 32.1. The van der Waals surface area contributed by atoms with Gasteiger partial charge in [-0.2, -0.15) is 5.10 Å². The van der Waals surface area contributed by atoms with Crippen molar-refractivity contribution in [1.82, 2.24) is 20.2 Å². The summed E-state index contributed by atoms with van der Waals surface area (Å²) in [5.41, 5.74) is 2.72. The molecule has 0 radical (unpaired) electrons. The number of ether oxygens (including phenoxy) is 3. The normalized spacial score (nSPS) is 17.4. The average molecular weight is 443 g/mol. The Morgan fingerprint density at radius 1 is 1.00 bits per heavy atom. The molecule has 158 valence electrons. The Bertz CT molecular complexity index is 1290. The van der Waals surface area contributed by atoms with Gasteiger partial charge in [-0.3, -0.25) is 5.10 Å². The third-order valence-corrected chi connectivity index (χ3v) is 6.27. The number of rotatable bonds is 3. The highest BCUT2D eigenvalue weighted by Crippen LogP contribution is 2.43. The van der Waals surface area contributed by atoms with Crippen LogP contribution >= 0.6 is 11.3 Å². The molecule has 1 saturated heterocycles. The molecule has 2 aliphatic rings. The molecule has 11 heteroatoms. The Kier molecular flexibility index (Phi) is 4.08. The van der Waals surface area contributed by atoms with E-state index in [1.165, 1.54) is 12.1 Å². The van der Waals surface area contributed by atoms with Crippen LogP contribution in [-0.2, 0) is 4.74 Å². The van der Waals surface area contributed by atoms with Gasteiger partial charge in [-0.1, -0.05) is 11.3 Å². The molecular formula is C20H15F2N5O3S. The number of hydrogen-bond acceptors (Lipinski definition) is 8. The number of hydrogen-bond donors (Lipinski definition) is 1. The average Bonchev–Trinajstić information content (AvgIpc) is 3.49. The quantitative estimate of drug-likeness (QED) is 0.514. The summed E-state index contributed by atoms with van der Waals surface area (Å²) < 4.78 is 41.2. The number of aromatic nitrogens is 4. The highest BCUT2D eigenvalue weighted by Gasteiger charge is 2.43. The second-order valence-corrected chi connectivity index (χ2v) is 8.14. The molecule has 0 atom stereocenters. The van der Waals surface area contributed by atoms with E-state index < -0.39 is 6.29 Å². The van der Waals surface area contributed by atoms with Gasteiger partial charge in [-0.15, -0.1) is 8.78 Å². The zero-order chi connectivity index (χ0) is 21.0. The van der Waals surface area contributed by atoms with Crippen LogP contribution in [0.4, 0.5) is 13.9 Å². The number of thiazole rings is 1. The molecule has 4 aromatic rings. The van der Waals surface area contributed by atoms with Gasteiger partial charge in [0.1, 0.15) is 0 Å². The molecule has 0 spiro atoms. The predicted molar refractivity (Wildman–Crippen MR) is 110 cm³/mol. The summed E-state index contributed by atoms with van der Waals surface area (Å²) >= 11 is 1.59. The number of anilines is 1. The number of morpholine rings is 1. The lowest BCUT2D eigenvalue weighted by Crippen LogP contribution is -2.36. The van der Waals surface area contributed by atoms with Crippen LogP contribution in [0.5, 0.6) is 11.5 Å². The van der Waals surface area contributed by atoms with E-state index in [4.69, 9.17) is 4.74 Å². The molecule has 1 fully saturated rings. The van der Waals surface area contributed by atoms with Crippen LogP contribution < -0.4 is 14.4 Å². The van der Waals surface area contributed by atoms with Crippen LogP contribution in [0.1, 0.15) is 0 Å². The van der Waals surface area contributed by atoms with Gasteiger partial charge in [0.15, 0.2) is 22.3 Å². The molecule has 6 rings (SSSR count). The van der Waals surface area contributed by atoms with Crippen LogP contribution in [0.3, 0.4) is 0 Å². The standard InChI is InChI=1S/C20H15F2N5O3S/c21-20(22)29-14-2-1-11(8-15(14)30-20)17-13-7-12(9-23-18(13)26-25-17)16-10-24-19(31-16)27-3-5-28-6-4-27/h1-2,7-10H,3-6H2,(H,23,25,26). The van der Waals surface area contributed by atoms with E-state index in [0.29, 0.717) is 30.1 Å². The molecule has 2 aliphatic heterocycles. The van der Waals surface area contributed by atoms with Crippen molar-refractivity contribution in [2.75, 3.05) is 31.2 Å². The summed E-state index contributed by atoms with van der Waals surface area (Å²) in [5, 5.41) is 8.90. The molecule has 3 aromatic heterocycles. The fraction of sp³-hybridized carbons (Fsp3) is 0.250. The van der Waals surface area contributed by atoms with Gasteiger partial charge in [0.05, 0.1) is 23.8 Å². The topological polar surface area (TPSA) is 85.4 Å². The minimum atomic E-state index is -3.66. The number of nitrogens with one attached hydrogen (secondary N) is 1. The van der Waals surface area contributed by atoms with Gasteiger partial charge in [-0.05, 0) is 24.3 Å². The molecule has 1 N–H and O–H groups in total. The lowest BCUT2D eigenvalue weighted by atomic mass is 10.1. The van der Waals surface area contributed by atoms with E-state index in [2.05, 4.69) is 34.5 Å². The van der Waals surface area contributed by atoms with Crippen molar-refractivity contribution >= 4 is 27.5 Å². The zero-order valence-corrected chi connectivity index (χ0v) is 16.8. The monoisotopic (exact) mass is 443 g/mol. The van der Waals surface area contributed by atoms with E-state index in [1.807, 2.05) is 12.3 Å². The summed E-state index contributed by atoms with van der Waals surface area (Å²) in [7, 11) is 0. The van der Waals surface area contributed by atoms with Crippen LogP contribution in [0.15, 0.2) is 36.7 Å². The maximum absolute atomic E-state index is 13.4. The number of H-pyrrole nitrogens is 1. The number of pyridine rings is 1. The number of halogens is 2. The zero-order valence-electron chi connectivity index (χ0n) is 16.0. The van der Waals surface area contributed by atoms with Gasteiger partial charge in [0.2, 0.25) is 0 Å². The summed E-state index contributed by atoms with van der Waals surface area (Å²) in [5.74, 6) is -0.0244. The molecule has 8 nitrogen and oxygen atoms in total. The molecule has 1 aromatic carbocycles. The van der Waals surface area contributed by atoms with Gasteiger partial charge in [-0.25, -0.2) is 9.97 Å². The van der Waals surface area contributed by atoms with Crippen molar-refractivity contribution in [3.63, 3.8) is 0 Å². The first-order valence-corrected chi connectivity index (χ1v) is 10.4. The van der Waals surface area contributed by atoms with Gasteiger partial charge in [0.25, 0.3) is 0 Å². The molecule has 0 saturated carbocycles. The van der Waals surface area contributed by atoms with Crippen molar-refractivity contribution in [3.8, 4) is 33.2 Å². The molecular weight excluding hydrogens is 428 g/mol. The molecule has 5 heterocycles. The largest absolute Gasteiger partial charge is 0.586 e. The molecule has 31 heavy (non-hydrogen) atoms. The Balaban J connectivity index is 1.36. The first kappa shape index (κ1) is 18.5. The van der Waals surface area contributed by atoms with E-state index in [-0.39, 0.29) is 11.5 Å². The van der Waals surface area contributed by atoms with E-state index in [9.17, 15) is 8.78 Å². The number of aromatic amines is 1. The number of benzene rings is 1. The molecule has 0 unspecified atom stereocenters. The molecule has 0 amide bonds. The van der Waals surface area contributed by atoms with Gasteiger partial charge >= 0.3 is 6.29 Å². The smallest absolute Gasteiger partial charge is 0.395 e. The van der Waals surface area contributed by atoms with E-state index >= 15 is 0 Å². The number of fused-ring (bicyclic) bond motifs is 2.